The molecule has 2 atom stereocenters. The molecule has 1 fully saturated rings. The molecule has 1 saturated heterocycles. The van der Waals surface area contributed by atoms with Crippen LogP contribution in [-0.2, 0) is 4.74 Å². The predicted molar refractivity (Wildman–Crippen MR) is 78.8 cm³/mol. The number of amides is 1. The third-order valence-electron chi connectivity index (χ3n) is 3.52. The van der Waals surface area contributed by atoms with Gasteiger partial charge in [0, 0.05) is 11.5 Å². The van der Waals surface area contributed by atoms with Crippen molar-refractivity contribution in [2.75, 3.05) is 6.61 Å². The van der Waals surface area contributed by atoms with Gasteiger partial charge in [0.15, 0.2) is 0 Å². The second-order valence-corrected chi connectivity index (χ2v) is 5.95. The summed E-state index contributed by atoms with van der Waals surface area (Å²) >= 11 is 0.395. The van der Waals surface area contributed by atoms with Crippen molar-refractivity contribution in [1.29, 1.82) is 0 Å². The lowest BCUT2D eigenvalue weighted by Gasteiger charge is -2.23. The molecule has 1 aliphatic rings. The maximum atomic E-state index is 12.5. The number of carbonyl (C=O) groups excluding carboxylic acids is 1. The minimum Gasteiger partial charge on any atom is -0.376 e. The summed E-state index contributed by atoms with van der Waals surface area (Å²) in [6.45, 7) is 2.70. The molecule has 0 radical (unpaired) electrons. The van der Waals surface area contributed by atoms with Crippen LogP contribution in [0.25, 0.3) is 0 Å². The second kappa shape index (κ2) is 7.75. The van der Waals surface area contributed by atoms with Gasteiger partial charge >= 0.3 is 0 Å². The normalized spacial score (nSPS) is 19.7. The molecule has 0 spiro atoms. The van der Waals surface area contributed by atoms with Gasteiger partial charge in [-0.15, -0.1) is 0 Å². The van der Waals surface area contributed by atoms with Crippen LogP contribution in [0.15, 0.2) is 29.2 Å². The summed E-state index contributed by atoms with van der Waals surface area (Å²) in [6, 6.07) is 6.36. The Hall–Kier alpha value is -1.14. The molecule has 2 rings (SSSR count). The van der Waals surface area contributed by atoms with Crippen molar-refractivity contribution in [2.45, 2.75) is 49.0 Å². The van der Waals surface area contributed by atoms with Gasteiger partial charge in [0.1, 0.15) is 0 Å². The van der Waals surface area contributed by atoms with Crippen LogP contribution in [0, 0.1) is 0 Å². The Morgan fingerprint density at radius 1 is 1.48 bits per heavy atom. The molecular formula is C15H19F2NO2S. The fourth-order valence-electron chi connectivity index (χ4n) is 2.48. The Morgan fingerprint density at radius 3 is 2.86 bits per heavy atom. The molecule has 2 unspecified atom stereocenters. The van der Waals surface area contributed by atoms with Crippen LogP contribution in [0.1, 0.15) is 36.5 Å². The third kappa shape index (κ3) is 4.41. The van der Waals surface area contributed by atoms with Gasteiger partial charge in [-0.1, -0.05) is 30.8 Å². The largest absolute Gasteiger partial charge is 0.376 e. The van der Waals surface area contributed by atoms with E-state index >= 15 is 0 Å². The molecule has 1 aliphatic heterocycles. The summed E-state index contributed by atoms with van der Waals surface area (Å²) < 4.78 is 30.7. The van der Waals surface area contributed by atoms with Gasteiger partial charge in [0.05, 0.1) is 17.7 Å². The lowest BCUT2D eigenvalue weighted by molar-refractivity contribution is 0.0664. The first-order chi connectivity index (χ1) is 10.1. The van der Waals surface area contributed by atoms with Crippen LogP contribution in [0.4, 0.5) is 8.78 Å². The number of benzene rings is 1. The van der Waals surface area contributed by atoms with Crippen LogP contribution in [0.3, 0.4) is 0 Å². The maximum absolute atomic E-state index is 12.5. The Morgan fingerprint density at radius 2 is 2.24 bits per heavy atom. The van der Waals surface area contributed by atoms with E-state index in [2.05, 4.69) is 5.32 Å². The topological polar surface area (TPSA) is 38.3 Å². The maximum Gasteiger partial charge on any atom is 0.288 e. The number of ether oxygens (including phenoxy) is 1. The number of thioether (sulfide) groups is 1. The summed E-state index contributed by atoms with van der Waals surface area (Å²) in [5.74, 6) is -2.86. The molecule has 1 heterocycles. The first-order valence-corrected chi connectivity index (χ1v) is 7.96. The number of rotatable bonds is 6. The second-order valence-electron chi connectivity index (χ2n) is 4.91. The summed E-state index contributed by atoms with van der Waals surface area (Å²) in [5.41, 5.74) is 0.291. The fourth-order valence-corrected chi connectivity index (χ4v) is 3.11. The van der Waals surface area contributed by atoms with Gasteiger partial charge in [-0.3, -0.25) is 4.79 Å². The van der Waals surface area contributed by atoms with Crippen molar-refractivity contribution >= 4 is 17.7 Å². The fraction of sp³-hybridized carbons (Fsp3) is 0.533. The van der Waals surface area contributed by atoms with Gasteiger partial charge in [-0.25, -0.2) is 0 Å². The molecule has 116 valence electrons. The molecule has 6 heteroatoms. The number of carbonyl (C=O) groups is 1. The van der Waals surface area contributed by atoms with Crippen molar-refractivity contribution in [1.82, 2.24) is 5.32 Å². The molecule has 0 bridgehead atoms. The van der Waals surface area contributed by atoms with Crippen LogP contribution < -0.4 is 5.32 Å². The van der Waals surface area contributed by atoms with Crippen LogP contribution in [0.2, 0.25) is 0 Å². The van der Waals surface area contributed by atoms with E-state index in [4.69, 9.17) is 4.74 Å². The highest BCUT2D eigenvalue weighted by molar-refractivity contribution is 7.99. The first-order valence-electron chi connectivity index (χ1n) is 7.08. The Balaban J connectivity index is 2.08. The molecule has 0 saturated carbocycles. The van der Waals surface area contributed by atoms with Crippen molar-refractivity contribution in [3.05, 3.63) is 29.8 Å². The van der Waals surface area contributed by atoms with Crippen molar-refractivity contribution in [2.24, 2.45) is 0 Å². The van der Waals surface area contributed by atoms with Gasteiger partial charge in [0.2, 0.25) is 0 Å². The zero-order valence-corrected chi connectivity index (χ0v) is 12.7. The highest BCUT2D eigenvalue weighted by Gasteiger charge is 2.27. The molecule has 1 N–H and O–H groups in total. The Bertz CT molecular complexity index is 478. The first kappa shape index (κ1) is 16.2. The molecule has 1 amide bonds. The predicted octanol–water partition coefficient (Wildman–Crippen LogP) is 3.69. The van der Waals surface area contributed by atoms with E-state index in [1.165, 1.54) is 0 Å². The zero-order chi connectivity index (χ0) is 15.2. The van der Waals surface area contributed by atoms with Gasteiger partial charge in [-0.05, 0) is 31.4 Å². The molecule has 0 aliphatic carbocycles. The smallest absolute Gasteiger partial charge is 0.288 e. The molecule has 0 aromatic heterocycles. The number of halogens is 2. The van der Waals surface area contributed by atoms with E-state index in [9.17, 15) is 13.6 Å². The van der Waals surface area contributed by atoms with E-state index in [1.807, 2.05) is 6.92 Å². The zero-order valence-electron chi connectivity index (χ0n) is 11.9. The summed E-state index contributed by atoms with van der Waals surface area (Å²) in [5, 5.41) is 2.92. The average molecular weight is 315 g/mol. The highest BCUT2D eigenvalue weighted by atomic mass is 32.2. The molecule has 3 nitrogen and oxygen atoms in total. The standard InChI is InChI=1S/C15H19F2NO2S/c1-2-11(12-7-5-9-20-12)18-14(19)10-6-3-4-8-13(10)21-15(16)17/h3-4,6,8,11-12,15H,2,5,7,9H2,1H3,(H,18,19). The van der Waals surface area contributed by atoms with E-state index in [-0.39, 0.29) is 18.1 Å². The van der Waals surface area contributed by atoms with E-state index < -0.39 is 5.76 Å². The van der Waals surface area contributed by atoms with Crippen molar-refractivity contribution in [3.63, 3.8) is 0 Å². The minimum absolute atomic E-state index is 0.0221. The monoisotopic (exact) mass is 315 g/mol. The molecule has 1 aromatic rings. The Kier molecular flexibility index (Phi) is 5.99. The molecular weight excluding hydrogens is 296 g/mol. The highest BCUT2D eigenvalue weighted by Crippen LogP contribution is 2.28. The number of hydrogen-bond acceptors (Lipinski definition) is 3. The van der Waals surface area contributed by atoms with E-state index in [1.54, 1.807) is 24.3 Å². The van der Waals surface area contributed by atoms with Gasteiger partial charge < -0.3 is 10.1 Å². The van der Waals surface area contributed by atoms with Gasteiger partial charge in [-0.2, -0.15) is 8.78 Å². The third-order valence-corrected chi connectivity index (χ3v) is 4.31. The quantitative estimate of drug-likeness (QED) is 0.814. The van der Waals surface area contributed by atoms with E-state index in [0.29, 0.717) is 22.2 Å². The van der Waals surface area contributed by atoms with Crippen LogP contribution >= 0.6 is 11.8 Å². The van der Waals surface area contributed by atoms with Crippen molar-refractivity contribution in [3.8, 4) is 0 Å². The Labute approximate surface area is 127 Å². The number of hydrogen-bond donors (Lipinski definition) is 1. The minimum atomic E-state index is -2.54. The molecule has 1 aromatic carbocycles. The van der Waals surface area contributed by atoms with Crippen LogP contribution in [-0.4, -0.2) is 30.4 Å². The van der Waals surface area contributed by atoms with Crippen LogP contribution in [0.5, 0.6) is 0 Å². The van der Waals surface area contributed by atoms with Crippen molar-refractivity contribution < 1.29 is 18.3 Å². The average Bonchev–Trinajstić information content (AvgIpc) is 2.98. The summed E-state index contributed by atoms with van der Waals surface area (Å²) in [6.07, 6.45) is 2.69. The number of alkyl halides is 2. The van der Waals surface area contributed by atoms with E-state index in [0.717, 1.165) is 25.9 Å². The SMILES string of the molecule is CCC(NC(=O)c1ccccc1SC(F)F)C1CCCO1. The lowest BCUT2D eigenvalue weighted by Crippen LogP contribution is -2.42. The lowest BCUT2D eigenvalue weighted by atomic mass is 10.0. The summed E-state index contributed by atoms with van der Waals surface area (Å²) in [4.78, 5) is 12.6. The van der Waals surface area contributed by atoms with Gasteiger partial charge in [0.25, 0.3) is 11.7 Å². The molecule has 21 heavy (non-hydrogen) atoms. The number of nitrogens with one attached hydrogen (secondary N) is 1. The summed E-state index contributed by atoms with van der Waals surface area (Å²) in [7, 11) is 0.